The molecule has 0 spiro atoms. The maximum atomic E-state index is 13.3. The second kappa shape index (κ2) is 2.78. The number of hydrogen-bond acceptors (Lipinski definition) is 2. The van der Waals surface area contributed by atoms with Crippen LogP contribution < -0.4 is 0 Å². The summed E-state index contributed by atoms with van der Waals surface area (Å²) in [6, 6.07) is 3.46. The van der Waals surface area contributed by atoms with Crippen molar-refractivity contribution in [2.45, 2.75) is 18.3 Å². The fraction of sp³-hybridized carbons (Fsp3) is 0.333. The van der Waals surface area contributed by atoms with Crippen molar-refractivity contribution in [1.29, 1.82) is 5.26 Å². The van der Waals surface area contributed by atoms with Crippen LogP contribution in [0.2, 0.25) is 0 Å². The molecule has 2 rings (SSSR count). The molecule has 1 heterocycles. The Balaban J connectivity index is 2.48. The SMILES string of the molecule is N#CC1(c2ncc(Br)cc2F)CC1. The van der Waals surface area contributed by atoms with E-state index in [0.29, 0.717) is 10.2 Å². The first-order chi connectivity index (χ1) is 6.18. The molecule has 1 aromatic heterocycles. The molecule has 1 aliphatic rings. The average Bonchev–Trinajstić information content (AvgIpc) is 2.85. The van der Waals surface area contributed by atoms with Crippen LogP contribution in [-0.4, -0.2) is 4.98 Å². The topological polar surface area (TPSA) is 36.7 Å². The molecule has 1 fully saturated rings. The fourth-order valence-corrected chi connectivity index (χ4v) is 1.60. The van der Waals surface area contributed by atoms with E-state index >= 15 is 0 Å². The fourth-order valence-electron chi connectivity index (χ4n) is 1.29. The van der Waals surface area contributed by atoms with Crippen LogP contribution in [0.1, 0.15) is 18.5 Å². The number of aromatic nitrogens is 1. The summed E-state index contributed by atoms with van der Waals surface area (Å²) in [6.07, 6.45) is 2.96. The molecule has 0 aliphatic heterocycles. The first-order valence-electron chi connectivity index (χ1n) is 3.91. The lowest BCUT2D eigenvalue weighted by atomic mass is 10.0. The lowest BCUT2D eigenvalue weighted by Gasteiger charge is -2.05. The molecule has 4 heteroatoms. The number of rotatable bonds is 1. The molecule has 1 aliphatic carbocycles. The molecule has 0 N–H and O–H groups in total. The van der Waals surface area contributed by atoms with Crippen molar-refractivity contribution in [3.8, 4) is 6.07 Å². The van der Waals surface area contributed by atoms with Crippen molar-refractivity contribution < 1.29 is 4.39 Å². The highest BCUT2D eigenvalue weighted by molar-refractivity contribution is 9.10. The van der Waals surface area contributed by atoms with E-state index in [1.54, 1.807) is 0 Å². The third-order valence-corrected chi connectivity index (χ3v) is 2.66. The van der Waals surface area contributed by atoms with E-state index in [9.17, 15) is 4.39 Å². The minimum Gasteiger partial charge on any atom is -0.255 e. The number of pyridine rings is 1. The molecule has 0 atom stereocenters. The van der Waals surface area contributed by atoms with Crippen LogP contribution in [0.25, 0.3) is 0 Å². The Morgan fingerprint density at radius 1 is 1.62 bits per heavy atom. The van der Waals surface area contributed by atoms with Crippen molar-refractivity contribution in [3.63, 3.8) is 0 Å². The van der Waals surface area contributed by atoms with Crippen molar-refractivity contribution in [2.24, 2.45) is 0 Å². The lowest BCUT2D eigenvalue weighted by molar-refractivity contribution is 0.584. The minimum absolute atomic E-state index is 0.290. The van der Waals surface area contributed by atoms with Gasteiger partial charge in [0.2, 0.25) is 0 Å². The molecule has 0 unspecified atom stereocenters. The van der Waals surface area contributed by atoms with Crippen LogP contribution >= 0.6 is 15.9 Å². The maximum absolute atomic E-state index is 13.3. The largest absolute Gasteiger partial charge is 0.255 e. The number of nitrogens with zero attached hydrogens (tertiary/aromatic N) is 2. The molecule has 13 heavy (non-hydrogen) atoms. The van der Waals surface area contributed by atoms with E-state index < -0.39 is 11.2 Å². The molecule has 0 radical (unpaired) electrons. The van der Waals surface area contributed by atoms with Gasteiger partial charge in [0.1, 0.15) is 11.2 Å². The number of halogens is 2. The van der Waals surface area contributed by atoms with Gasteiger partial charge in [-0.1, -0.05) is 0 Å². The Kier molecular flexibility index (Phi) is 1.85. The zero-order chi connectivity index (χ0) is 9.47. The first kappa shape index (κ1) is 8.64. The Morgan fingerprint density at radius 2 is 2.31 bits per heavy atom. The van der Waals surface area contributed by atoms with Gasteiger partial charge in [0.05, 0.1) is 11.8 Å². The van der Waals surface area contributed by atoms with Gasteiger partial charge in [-0.2, -0.15) is 5.26 Å². The van der Waals surface area contributed by atoms with Crippen LogP contribution in [0.15, 0.2) is 16.7 Å². The van der Waals surface area contributed by atoms with Gasteiger partial charge < -0.3 is 0 Å². The highest BCUT2D eigenvalue weighted by atomic mass is 79.9. The normalized spacial score (nSPS) is 17.9. The van der Waals surface area contributed by atoms with Gasteiger partial charge in [-0.15, -0.1) is 0 Å². The smallest absolute Gasteiger partial charge is 0.147 e. The quantitative estimate of drug-likeness (QED) is 0.757. The highest BCUT2D eigenvalue weighted by Gasteiger charge is 2.48. The second-order valence-electron chi connectivity index (χ2n) is 3.18. The van der Waals surface area contributed by atoms with Crippen LogP contribution in [0.5, 0.6) is 0 Å². The lowest BCUT2D eigenvalue weighted by Crippen LogP contribution is -2.08. The average molecular weight is 241 g/mol. The van der Waals surface area contributed by atoms with Crippen molar-refractivity contribution in [3.05, 3.63) is 28.2 Å². The summed E-state index contributed by atoms with van der Waals surface area (Å²) in [5, 5.41) is 8.84. The second-order valence-corrected chi connectivity index (χ2v) is 4.09. The molecule has 66 valence electrons. The summed E-state index contributed by atoms with van der Waals surface area (Å²) in [6.45, 7) is 0. The van der Waals surface area contributed by atoms with E-state index in [2.05, 4.69) is 27.0 Å². The standard InChI is InChI=1S/C9H6BrFN2/c10-6-3-7(11)8(13-4-6)9(5-12)1-2-9/h3-4H,1-2H2. The predicted molar refractivity (Wildman–Crippen MR) is 48.4 cm³/mol. The molecule has 0 aromatic carbocycles. The number of nitriles is 1. The summed E-state index contributed by atoms with van der Waals surface area (Å²) >= 11 is 3.12. The van der Waals surface area contributed by atoms with Gasteiger partial charge in [-0.3, -0.25) is 4.98 Å². The van der Waals surface area contributed by atoms with Gasteiger partial charge in [-0.25, -0.2) is 4.39 Å². The van der Waals surface area contributed by atoms with Crippen molar-refractivity contribution in [2.75, 3.05) is 0 Å². The van der Waals surface area contributed by atoms with Crippen LogP contribution in [0, 0.1) is 17.1 Å². The van der Waals surface area contributed by atoms with E-state index in [1.807, 2.05) is 0 Å². The van der Waals surface area contributed by atoms with Crippen LogP contribution in [-0.2, 0) is 5.41 Å². The van der Waals surface area contributed by atoms with Crippen molar-refractivity contribution in [1.82, 2.24) is 4.98 Å². The van der Waals surface area contributed by atoms with Crippen molar-refractivity contribution >= 4 is 15.9 Å². The summed E-state index contributed by atoms with van der Waals surface area (Å²) in [5.74, 6) is -0.395. The Hall–Kier alpha value is -0.950. The highest BCUT2D eigenvalue weighted by Crippen LogP contribution is 2.47. The van der Waals surface area contributed by atoms with Gasteiger partial charge in [0.15, 0.2) is 0 Å². The minimum atomic E-state index is -0.634. The van der Waals surface area contributed by atoms with Crippen LogP contribution in [0.4, 0.5) is 4.39 Å². The molecule has 2 nitrogen and oxygen atoms in total. The third-order valence-electron chi connectivity index (χ3n) is 2.23. The Labute approximate surface area is 83.5 Å². The zero-order valence-electron chi connectivity index (χ0n) is 6.72. The van der Waals surface area contributed by atoms with Gasteiger partial charge in [-0.05, 0) is 34.8 Å². The van der Waals surface area contributed by atoms with E-state index in [1.165, 1.54) is 12.3 Å². The Morgan fingerprint density at radius 3 is 2.77 bits per heavy atom. The third kappa shape index (κ3) is 1.33. The molecule has 0 amide bonds. The molecule has 0 bridgehead atoms. The molecule has 1 saturated carbocycles. The van der Waals surface area contributed by atoms with Gasteiger partial charge >= 0.3 is 0 Å². The monoisotopic (exact) mass is 240 g/mol. The van der Waals surface area contributed by atoms with Crippen LogP contribution in [0.3, 0.4) is 0 Å². The first-order valence-corrected chi connectivity index (χ1v) is 4.70. The molecule has 1 aromatic rings. The summed E-state index contributed by atoms with van der Waals surface area (Å²) in [5.41, 5.74) is -0.344. The molecular formula is C9H6BrFN2. The van der Waals surface area contributed by atoms with E-state index in [-0.39, 0.29) is 0 Å². The van der Waals surface area contributed by atoms with E-state index in [4.69, 9.17) is 5.26 Å². The molecule has 0 saturated heterocycles. The summed E-state index contributed by atoms with van der Waals surface area (Å²) < 4.78 is 13.9. The Bertz CT molecular complexity index is 393. The maximum Gasteiger partial charge on any atom is 0.147 e. The van der Waals surface area contributed by atoms with E-state index in [0.717, 1.165) is 12.8 Å². The van der Waals surface area contributed by atoms with Gasteiger partial charge in [0.25, 0.3) is 0 Å². The molecular weight excluding hydrogens is 235 g/mol. The summed E-state index contributed by atoms with van der Waals surface area (Å²) in [4.78, 5) is 3.94. The number of hydrogen-bond donors (Lipinski definition) is 0. The summed E-state index contributed by atoms with van der Waals surface area (Å²) in [7, 11) is 0. The predicted octanol–water partition coefficient (Wildman–Crippen LogP) is 2.54. The van der Waals surface area contributed by atoms with Gasteiger partial charge in [0, 0.05) is 10.7 Å². The zero-order valence-corrected chi connectivity index (χ0v) is 8.31.